The van der Waals surface area contributed by atoms with Gasteiger partial charge in [-0.05, 0) is 77.9 Å². The second-order valence-corrected chi connectivity index (χ2v) is 9.11. The van der Waals surface area contributed by atoms with Gasteiger partial charge in [0.25, 0.3) is 0 Å². The molecule has 1 unspecified atom stereocenters. The molecule has 0 bridgehead atoms. The van der Waals surface area contributed by atoms with Crippen LogP contribution < -0.4 is 4.74 Å². The molecule has 7 nitrogen and oxygen atoms in total. The number of carbonyl (C=O) groups excluding carboxylic acids is 1. The van der Waals surface area contributed by atoms with Crippen LogP contribution >= 0.6 is 0 Å². The van der Waals surface area contributed by atoms with Gasteiger partial charge in [0, 0.05) is 11.8 Å². The van der Waals surface area contributed by atoms with E-state index < -0.39 is 5.60 Å². The quantitative estimate of drug-likeness (QED) is 0.634. The average Bonchev–Trinajstić information content (AvgIpc) is 3.17. The van der Waals surface area contributed by atoms with Gasteiger partial charge >= 0.3 is 5.97 Å². The van der Waals surface area contributed by atoms with Gasteiger partial charge in [-0.1, -0.05) is 17.3 Å². The number of piperidine rings is 1. The summed E-state index contributed by atoms with van der Waals surface area (Å²) in [4.78, 5) is 19.6. The number of rotatable bonds is 7. The second kappa shape index (κ2) is 9.60. The van der Waals surface area contributed by atoms with Gasteiger partial charge in [-0.15, -0.1) is 0 Å². The summed E-state index contributed by atoms with van der Waals surface area (Å²) in [6, 6.07) is 7.83. The zero-order valence-electron chi connectivity index (χ0n) is 18.7. The molecule has 0 N–H and O–H groups in total. The largest absolute Gasteiger partial charge is 0.497 e. The summed E-state index contributed by atoms with van der Waals surface area (Å²) in [6.07, 6.45) is 2.84. The number of hydrogen-bond acceptors (Lipinski definition) is 7. The Balaban J connectivity index is 1.76. The van der Waals surface area contributed by atoms with Crippen LogP contribution in [0.2, 0.25) is 0 Å². The van der Waals surface area contributed by atoms with Crippen molar-refractivity contribution in [2.24, 2.45) is 0 Å². The number of hydrogen-bond donors (Lipinski definition) is 0. The smallest absolute Gasteiger partial charge is 0.307 e. The van der Waals surface area contributed by atoms with Gasteiger partial charge in [0.1, 0.15) is 11.4 Å². The fraction of sp³-hybridized carbons (Fsp3) is 0.609. The minimum Gasteiger partial charge on any atom is -0.497 e. The first-order valence-corrected chi connectivity index (χ1v) is 10.6. The van der Waals surface area contributed by atoms with E-state index in [1.165, 1.54) is 0 Å². The van der Waals surface area contributed by atoms with Crippen LogP contribution in [0.25, 0.3) is 0 Å². The Labute approximate surface area is 178 Å². The van der Waals surface area contributed by atoms with Crippen molar-refractivity contribution in [1.82, 2.24) is 15.0 Å². The highest BCUT2D eigenvalue weighted by Crippen LogP contribution is 2.30. The topological polar surface area (TPSA) is 77.7 Å². The number of nitrogens with zero attached hydrogens (tertiary/aromatic N) is 3. The molecule has 30 heavy (non-hydrogen) atoms. The summed E-state index contributed by atoms with van der Waals surface area (Å²) in [5, 5.41) is 4.26. The minimum atomic E-state index is -0.529. The van der Waals surface area contributed by atoms with E-state index in [4.69, 9.17) is 19.0 Å². The Morgan fingerprint density at radius 1 is 1.23 bits per heavy atom. The summed E-state index contributed by atoms with van der Waals surface area (Å²) in [7, 11) is 3.77. The van der Waals surface area contributed by atoms with Crippen molar-refractivity contribution in [3.63, 3.8) is 0 Å². The molecular formula is C23H33N3O4. The molecule has 1 saturated heterocycles. The van der Waals surface area contributed by atoms with E-state index in [1.807, 2.05) is 45.0 Å². The lowest BCUT2D eigenvalue weighted by Crippen LogP contribution is -2.29. The predicted molar refractivity (Wildman–Crippen MR) is 114 cm³/mol. The highest BCUT2D eigenvalue weighted by molar-refractivity contribution is 5.71. The highest BCUT2D eigenvalue weighted by Gasteiger charge is 2.28. The van der Waals surface area contributed by atoms with Gasteiger partial charge in [-0.3, -0.25) is 4.79 Å². The zero-order chi connectivity index (χ0) is 21.7. The summed E-state index contributed by atoms with van der Waals surface area (Å²) >= 11 is 0. The first kappa shape index (κ1) is 22.3. The van der Waals surface area contributed by atoms with Crippen LogP contribution in [-0.4, -0.2) is 53.9 Å². The van der Waals surface area contributed by atoms with E-state index in [-0.39, 0.29) is 24.2 Å². The second-order valence-electron chi connectivity index (χ2n) is 9.11. The molecule has 1 aliphatic heterocycles. The predicted octanol–water partition coefficient (Wildman–Crippen LogP) is 3.95. The van der Waals surface area contributed by atoms with Crippen LogP contribution in [0, 0.1) is 0 Å². The van der Waals surface area contributed by atoms with Crippen LogP contribution in [0.5, 0.6) is 5.75 Å². The number of methoxy groups -OCH3 is 1. The van der Waals surface area contributed by atoms with E-state index in [1.54, 1.807) is 7.11 Å². The molecule has 0 saturated carbocycles. The van der Waals surface area contributed by atoms with E-state index in [0.717, 1.165) is 37.2 Å². The lowest BCUT2D eigenvalue weighted by atomic mass is 9.94. The Morgan fingerprint density at radius 3 is 2.50 bits per heavy atom. The van der Waals surface area contributed by atoms with E-state index in [2.05, 4.69) is 17.1 Å². The normalized spacial score (nSPS) is 17.0. The molecule has 0 radical (unpaired) electrons. The molecular weight excluding hydrogens is 382 g/mol. The standard InChI is InChI=1S/C23H33N3O4/c1-23(2,3)29-20(27)15-18(14-16-6-8-19(28-5)9-7-16)21-24-22(30-25-21)17-10-12-26(4)13-11-17/h6-9,17-18H,10-15H2,1-5H3. The highest BCUT2D eigenvalue weighted by atomic mass is 16.6. The molecule has 1 aliphatic rings. The first-order chi connectivity index (χ1) is 14.2. The Kier molecular flexibility index (Phi) is 7.13. The number of benzene rings is 1. The Morgan fingerprint density at radius 2 is 1.90 bits per heavy atom. The zero-order valence-corrected chi connectivity index (χ0v) is 18.7. The van der Waals surface area contributed by atoms with Crippen molar-refractivity contribution in [3.05, 3.63) is 41.5 Å². The molecule has 2 aromatic rings. The SMILES string of the molecule is COc1ccc(CC(CC(=O)OC(C)(C)C)c2noc(C3CCN(C)CC3)n2)cc1. The number of carbonyl (C=O) groups is 1. The lowest BCUT2D eigenvalue weighted by Gasteiger charge is -2.26. The third-order valence-corrected chi connectivity index (χ3v) is 5.36. The van der Waals surface area contributed by atoms with E-state index >= 15 is 0 Å². The lowest BCUT2D eigenvalue weighted by molar-refractivity contribution is -0.155. The fourth-order valence-electron chi connectivity index (χ4n) is 3.72. The van der Waals surface area contributed by atoms with Crippen LogP contribution in [0.4, 0.5) is 0 Å². The van der Waals surface area contributed by atoms with Crippen molar-refractivity contribution in [2.45, 2.75) is 63.9 Å². The van der Waals surface area contributed by atoms with Crippen molar-refractivity contribution in [3.8, 4) is 5.75 Å². The van der Waals surface area contributed by atoms with Gasteiger partial charge < -0.3 is 18.9 Å². The van der Waals surface area contributed by atoms with Gasteiger partial charge in [-0.25, -0.2) is 0 Å². The monoisotopic (exact) mass is 415 g/mol. The molecule has 0 spiro atoms. The summed E-state index contributed by atoms with van der Waals surface area (Å²) < 4.78 is 16.4. The Bertz CT molecular complexity index is 818. The minimum absolute atomic E-state index is 0.204. The molecule has 1 aromatic heterocycles. The maximum absolute atomic E-state index is 12.5. The van der Waals surface area contributed by atoms with Crippen molar-refractivity contribution < 1.29 is 18.8 Å². The number of aromatic nitrogens is 2. The molecule has 164 valence electrons. The molecule has 1 aromatic carbocycles. The van der Waals surface area contributed by atoms with Crippen molar-refractivity contribution >= 4 is 5.97 Å². The Hall–Kier alpha value is -2.41. The summed E-state index contributed by atoms with van der Waals surface area (Å²) in [5.41, 5.74) is 0.549. The number of esters is 1. The van der Waals surface area contributed by atoms with Crippen LogP contribution in [0.15, 0.2) is 28.8 Å². The third-order valence-electron chi connectivity index (χ3n) is 5.36. The van der Waals surface area contributed by atoms with Gasteiger partial charge in [0.15, 0.2) is 5.82 Å². The molecule has 1 fully saturated rings. The van der Waals surface area contributed by atoms with Crippen LogP contribution in [-0.2, 0) is 16.0 Å². The van der Waals surface area contributed by atoms with E-state index in [0.29, 0.717) is 18.1 Å². The molecule has 0 amide bonds. The molecule has 2 heterocycles. The third kappa shape index (κ3) is 6.29. The summed E-state index contributed by atoms with van der Waals surface area (Å²) in [6.45, 7) is 7.66. The molecule has 1 atom stereocenters. The number of likely N-dealkylation sites (tertiary alicyclic amines) is 1. The molecule has 0 aliphatic carbocycles. The summed E-state index contributed by atoms with van der Waals surface area (Å²) in [5.74, 6) is 1.87. The maximum Gasteiger partial charge on any atom is 0.307 e. The van der Waals surface area contributed by atoms with Gasteiger partial charge in [0.2, 0.25) is 5.89 Å². The van der Waals surface area contributed by atoms with E-state index in [9.17, 15) is 4.79 Å². The van der Waals surface area contributed by atoms with Crippen LogP contribution in [0.3, 0.4) is 0 Å². The number of ether oxygens (including phenoxy) is 2. The van der Waals surface area contributed by atoms with Crippen molar-refractivity contribution in [1.29, 1.82) is 0 Å². The van der Waals surface area contributed by atoms with Crippen LogP contribution in [0.1, 0.15) is 69.1 Å². The first-order valence-electron chi connectivity index (χ1n) is 10.6. The van der Waals surface area contributed by atoms with Gasteiger partial charge in [0.05, 0.1) is 13.5 Å². The van der Waals surface area contributed by atoms with Crippen molar-refractivity contribution in [2.75, 3.05) is 27.2 Å². The van der Waals surface area contributed by atoms with Gasteiger partial charge in [-0.2, -0.15) is 4.98 Å². The molecule has 7 heteroatoms. The average molecular weight is 416 g/mol. The molecule has 3 rings (SSSR count). The maximum atomic E-state index is 12.5. The fourth-order valence-corrected chi connectivity index (χ4v) is 3.72.